The Hall–Kier alpha value is -2.18. The highest BCUT2D eigenvalue weighted by Gasteiger charge is 2.13. The minimum Gasteiger partial charge on any atom is -0.493 e. The fourth-order valence-corrected chi connectivity index (χ4v) is 1.42. The molecule has 0 aliphatic carbocycles. The zero-order chi connectivity index (χ0) is 12.4. The topological polar surface area (TPSA) is 64.2 Å². The van der Waals surface area contributed by atoms with Crippen molar-refractivity contribution in [3.05, 3.63) is 28.8 Å². The molecule has 0 fully saturated rings. The van der Waals surface area contributed by atoms with Gasteiger partial charge in [0.1, 0.15) is 0 Å². The van der Waals surface area contributed by atoms with E-state index in [1.165, 1.54) is 25.6 Å². The average molecular weight is 242 g/mol. The number of benzene rings is 1. The lowest BCUT2D eigenvalue weighted by molar-refractivity contribution is -0.0511. The van der Waals surface area contributed by atoms with Gasteiger partial charge in [-0.15, -0.1) is 0 Å². The number of aromatic amines is 1. The number of halogens is 2. The van der Waals surface area contributed by atoms with Crippen LogP contribution in [-0.2, 0) is 0 Å². The van der Waals surface area contributed by atoms with Gasteiger partial charge in [0.05, 0.1) is 24.3 Å². The summed E-state index contributed by atoms with van der Waals surface area (Å²) in [5.41, 5.74) is -0.123. The Balaban J connectivity index is 2.65. The molecule has 0 aliphatic heterocycles. The van der Waals surface area contributed by atoms with Crippen molar-refractivity contribution in [1.82, 2.24) is 9.97 Å². The van der Waals surface area contributed by atoms with Crippen LogP contribution in [0.25, 0.3) is 10.9 Å². The van der Waals surface area contributed by atoms with Crippen molar-refractivity contribution >= 4 is 10.9 Å². The van der Waals surface area contributed by atoms with Gasteiger partial charge >= 0.3 is 6.61 Å². The summed E-state index contributed by atoms with van der Waals surface area (Å²) in [6.45, 7) is -2.97. The molecule has 1 heterocycles. The van der Waals surface area contributed by atoms with Crippen LogP contribution in [-0.4, -0.2) is 23.7 Å². The zero-order valence-corrected chi connectivity index (χ0v) is 8.74. The summed E-state index contributed by atoms with van der Waals surface area (Å²) in [7, 11) is 1.30. The third kappa shape index (κ3) is 2.17. The predicted octanol–water partition coefficient (Wildman–Crippen LogP) is 1.53. The molecule has 0 saturated heterocycles. The number of methoxy groups -OCH3 is 1. The van der Waals surface area contributed by atoms with Crippen molar-refractivity contribution < 1.29 is 18.3 Å². The molecule has 0 bridgehead atoms. The minimum atomic E-state index is -2.97. The Morgan fingerprint density at radius 1 is 1.35 bits per heavy atom. The lowest BCUT2D eigenvalue weighted by Gasteiger charge is -2.10. The molecule has 0 aliphatic rings. The number of fused-ring (bicyclic) bond motifs is 1. The van der Waals surface area contributed by atoms with Gasteiger partial charge in [-0.1, -0.05) is 0 Å². The second kappa shape index (κ2) is 4.36. The molecule has 2 rings (SSSR count). The molecular formula is C10H8F2N2O3. The van der Waals surface area contributed by atoms with Crippen LogP contribution in [0.4, 0.5) is 8.78 Å². The van der Waals surface area contributed by atoms with Crippen LogP contribution in [0.5, 0.6) is 11.5 Å². The second-order valence-corrected chi connectivity index (χ2v) is 3.13. The van der Waals surface area contributed by atoms with Gasteiger partial charge in [0, 0.05) is 6.07 Å². The second-order valence-electron chi connectivity index (χ2n) is 3.13. The van der Waals surface area contributed by atoms with Crippen LogP contribution in [0.15, 0.2) is 23.3 Å². The maximum Gasteiger partial charge on any atom is 0.387 e. The van der Waals surface area contributed by atoms with E-state index in [4.69, 9.17) is 4.74 Å². The van der Waals surface area contributed by atoms with E-state index in [0.29, 0.717) is 0 Å². The lowest BCUT2D eigenvalue weighted by Crippen LogP contribution is -2.08. The molecule has 1 N–H and O–H groups in total. The first-order chi connectivity index (χ1) is 8.11. The molecule has 0 unspecified atom stereocenters. The molecule has 7 heteroatoms. The quantitative estimate of drug-likeness (QED) is 0.886. The van der Waals surface area contributed by atoms with Gasteiger partial charge in [-0.05, 0) is 6.07 Å². The number of alkyl halides is 2. The van der Waals surface area contributed by atoms with Crippen molar-refractivity contribution in [2.24, 2.45) is 0 Å². The third-order valence-corrected chi connectivity index (χ3v) is 2.14. The van der Waals surface area contributed by atoms with E-state index in [0.717, 1.165) is 0 Å². The molecule has 0 saturated carbocycles. The molecule has 0 amide bonds. The molecule has 1 aromatic heterocycles. The Bertz CT molecular complexity index is 598. The molecule has 0 radical (unpaired) electrons. The molecule has 90 valence electrons. The molecule has 0 atom stereocenters. The maximum atomic E-state index is 12.2. The first kappa shape index (κ1) is 11.3. The van der Waals surface area contributed by atoms with E-state index in [2.05, 4.69) is 14.7 Å². The number of nitrogens with one attached hydrogen (secondary N) is 1. The first-order valence-corrected chi connectivity index (χ1v) is 4.62. The normalized spacial score (nSPS) is 10.8. The number of rotatable bonds is 3. The molecule has 1 aromatic carbocycles. The van der Waals surface area contributed by atoms with Gasteiger partial charge in [0.2, 0.25) is 0 Å². The van der Waals surface area contributed by atoms with E-state index in [9.17, 15) is 13.6 Å². The Kier molecular flexibility index (Phi) is 2.90. The van der Waals surface area contributed by atoms with Crippen LogP contribution >= 0.6 is 0 Å². The van der Waals surface area contributed by atoms with Crippen molar-refractivity contribution in [2.45, 2.75) is 6.61 Å². The van der Waals surface area contributed by atoms with Gasteiger partial charge in [0.15, 0.2) is 11.5 Å². The Morgan fingerprint density at radius 3 is 2.76 bits per heavy atom. The summed E-state index contributed by atoms with van der Waals surface area (Å²) in [4.78, 5) is 17.7. The van der Waals surface area contributed by atoms with E-state index in [-0.39, 0.29) is 28.0 Å². The SMILES string of the molecule is COc1cc2c(=O)[nH]cnc2cc1OC(F)F. The average Bonchev–Trinajstić information content (AvgIpc) is 2.28. The monoisotopic (exact) mass is 242 g/mol. The van der Waals surface area contributed by atoms with E-state index < -0.39 is 6.61 Å². The number of ether oxygens (including phenoxy) is 2. The fraction of sp³-hybridized carbons (Fsp3) is 0.200. The van der Waals surface area contributed by atoms with Crippen molar-refractivity contribution in [3.63, 3.8) is 0 Å². The third-order valence-electron chi connectivity index (χ3n) is 2.14. The van der Waals surface area contributed by atoms with E-state index >= 15 is 0 Å². The van der Waals surface area contributed by atoms with Crippen LogP contribution in [0.1, 0.15) is 0 Å². The Morgan fingerprint density at radius 2 is 2.12 bits per heavy atom. The van der Waals surface area contributed by atoms with Gasteiger partial charge in [-0.3, -0.25) is 4.79 Å². The molecule has 0 spiro atoms. The van der Waals surface area contributed by atoms with Crippen LogP contribution < -0.4 is 15.0 Å². The smallest absolute Gasteiger partial charge is 0.387 e. The fourth-order valence-electron chi connectivity index (χ4n) is 1.42. The van der Waals surface area contributed by atoms with Gasteiger partial charge in [0.25, 0.3) is 5.56 Å². The van der Waals surface area contributed by atoms with Gasteiger partial charge < -0.3 is 14.5 Å². The summed E-state index contributed by atoms with van der Waals surface area (Å²) >= 11 is 0. The summed E-state index contributed by atoms with van der Waals surface area (Å²) < 4.78 is 33.4. The maximum absolute atomic E-state index is 12.2. The lowest BCUT2D eigenvalue weighted by atomic mass is 10.2. The molecular weight excluding hydrogens is 234 g/mol. The number of aromatic nitrogens is 2. The highest BCUT2D eigenvalue weighted by atomic mass is 19.3. The van der Waals surface area contributed by atoms with Crippen molar-refractivity contribution in [1.29, 1.82) is 0 Å². The zero-order valence-electron chi connectivity index (χ0n) is 8.74. The van der Waals surface area contributed by atoms with E-state index in [1.807, 2.05) is 0 Å². The largest absolute Gasteiger partial charge is 0.493 e. The number of hydrogen-bond acceptors (Lipinski definition) is 4. The van der Waals surface area contributed by atoms with Crippen LogP contribution in [0, 0.1) is 0 Å². The van der Waals surface area contributed by atoms with Crippen molar-refractivity contribution in [2.75, 3.05) is 7.11 Å². The molecule has 17 heavy (non-hydrogen) atoms. The predicted molar refractivity (Wildman–Crippen MR) is 55.5 cm³/mol. The first-order valence-electron chi connectivity index (χ1n) is 4.62. The van der Waals surface area contributed by atoms with Crippen molar-refractivity contribution in [3.8, 4) is 11.5 Å². The summed E-state index contributed by atoms with van der Waals surface area (Å²) in [5, 5.41) is 0.242. The van der Waals surface area contributed by atoms with Gasteiger partial charge in [-0.2, -0.15) is 8.78 Å². The Labute approximate surface area is 94.0 Å². The standard InChI is InChI=1S/C10H8F2N2O3/c1-16-7-2-5-6(13-4-14-9(5)15)3-8(7)17-10(11)12/h2-4,10H,1H3,(H,13,14,15). The van der Waals surface area contributed by atoms with Crippen LogP contribution in [0.3, 0.4) is 0 Å². The summed E-state index contributed by atoms with van der Waals surface area (Å²) in [6.07, 6.45) is 1.18. The highest BCUT2D eigenvalue weighted by Crippen LogP contribution is 2.31. The van der Waals surface area contributed by atoms with E-state index in [1.54, 1.807) is 0 Å². The number of H-pyrrole nitrogens is 1. The minimum absolute atomic E-state index is 0.0521. The highest BCUT2D eigenvalue weighted by molar-refractivity contribution is 5.81. The summed E-state index contributed by atoms with van der Waals surface area (Å²) in [5.74, 6) is -0.107. The molecule has 5 nitrogen and oxygen atoms in total. The van der Waals surface area contributed by atoms with Gasteiger partial charge in [-0.25, -0.2) is 4.98 Å². The number of hydrogen-bond donors (Lipinski definition) is 1. The number of nitrogens with zero attached hydrogens (tertiary/aromatic N) is 1. The molecule has 2 aromatic rings. The summed E-state index contributed by atoms with van der Waals surface area (Å²) in [6, 6.07) is 2.54. The van der Waals surface area contributed by atoms with Crippen LogP contribution in [0.2, 0.25) is 0 Å².